The second kappa shape index (κ2) is 9.01. The molecule has 0 aliphatic carbocycles. The van der Waals surface area contributed by atoms with E-state index in [-0.39, 0.29) is 30.1 Å². The monoisotopic (exact) mass is 424 g/mol. The van der Waals surface area contributed by atoms with Gasteiger partial charge in [-0.25, -0.2) is 8.42 Å². The SMILES string of the molecule is CNCC1CCCN1C(=O)CS(=O)(=O)Cc1cccc(Br)c1.Cl. The number of rotatable bonds is 6. The maximum atomic E-state index is 12.3. The van der Waals surface area contributed by atoms with Crippen LogP contribution in [-0.2, 0) is 20.4 Å². The summed E-state index contributed by atoms with van der Waals surface area (Å²) in [6.07, 6.45) is 1.86. The van der Waals surface area contributed by atoms with Crippen LogP contribution in [0.4, 0.5) is 0 Å². The number of nitrogens with zero attached hydrogens (tertiary/aromatic N) is 1. The van der Waals surface area contributed by atoms with Gasteiger partial charge in [-0.2, -0.15) is 0 Å². The molecule has 1 aromatic carbocycles. The first kappa shape index (κ1) is 20.4. The smallest absolute Gasteiger partial charge is 0.238 e. The molecule has 1 saturated heterocycles. The fraction of sp³-hybridized carbons (Fsp3) is 0.533. The van der Waals surface area contributed by atoms with Crippen molar-refractivity contribution >= 4 is 44.1 Å². The first-order valence-electron chi connectivity index (χ1n) is 7.30. The summed E-state index contributed by atoms with van der Waals surface area (Å²) in [6, 6.07) is 7.26. The molecule has 2 rings (SSSR count). The van der Waals surface area contributed by atoms with Crippen LogP contribution in [0.3, 0.4) is 0 Å². The molecule has 1 amide bonds. The van der Waals surface area contributed by atoms with E-state index in [9.17, 15) is 13.2 Å². The molecule has 0 saturated carbocycles. The number of benzene rings is 1. The molecule has 1 aliphatic heterocycles. The Morgan fingerprint density at radius 1 is 1.43 bits per heavy atom. The number of carbonyl (C=O) groups excluding carboxylic acids is 1. The third-order valence-corrected chi connectivity index (χ3v) is 5.71. The van der Waals surface area contributed by atoms with Crippen LogP contribution in [0, 0.1) is 0 Å². The zero-order valence-electron chi connectivity index (χ0n) is 13.0. The van der Waals surface area contributed by atoms with E-state index in [2.05, 4.69) is 21.2 Å². The quantitative estimate of drug-likeness (QED) is 0.757. The van der Waals surface area contributed by atoms with Crippen molar-refractivity contribution in [3.63, 3.8) is 0 Å². The highest BCUT2D eigenvalue weighted by atomic mass is 79.9. The van der Waals surface area contributed by atoms with Crippen molar-refractivity contribution in [1.82, 2.24) is 10.2 Å². The summed E-state index contributed by atoms with van der Waals surface area (Å²) in [5.41, 5.74) is 0.690. The summed E-state index contributed by atoms with van der Waals surface area (Å²) < 4.78 is 25.4. The van der Waals surface area contributed by atoms with Crippen LogP contribution in [0.1, 0.15) is 18.4 Å². The van der Waals surface area contributed by atoms with Gasteiger partial charge < -0.3 is 10.2 Å². The molecule has 8 heteroatoms. The second-order valence-electron chi connectivity index (χ2n) is 5.60. The zero-order valence-corrected chi connectivity index (χ0v) is 16.2. The highest BCUT2D eigenvalue weighted by Crippen LogP contribution is 2.19. The lowest BCUT2D eigenvalue weighted by molar-refractivity contribution is -0.129. The summed E-state index contributed by atoms with van der Waals surface area (Å²) in [5.74, 6) is -0.810. The topological polar surface area (TPSA) is 66.5 Å². The van der Waals surface area contributed by atoms with Crippen LogP contribution in [0.25, 0.3) is 0 Å². The first-order valence-corrected chi connectivity index (χ1v) is 9.91. The Balaban J connectivity index is 0.00000264. The van der Waals surface area contributed by atoms with E-state index >= 15 is 0 Å². The van der Waals surface area contributed by atoms with Gasteiger partial charge in [-0.3, -0.25) is 4.79 Å². The van der Waals surface area contributed by atoms with E-state index in [0.717, 1.165) is 17.3 Å². The summed E-state index contributed by atoms with van der Waals surface area (Å²) in [6.45, 7) is 1.36. The summed E-state index contributed by atoms with van der Waals surface area (Å²) in [5, 5.41) is 3.05. The summed E-state index contributed by atoms with van der Waals surface area (Å²) in [4.78, 5) is 14.0. The maximum absolute atomic E-state index is 12.3. The van der Waals surface area contributed by atoms with Crippen LogP contribution >= 0.6 is 28.3 Å². The van der Waals surface area contributed by atoms with E-state index in [4.69, 9.17) is 0 Å². The molecular formula is C15H22BrClN2O3S. The molecule has 0 radical (unpaired) electrons. The minimum absolute atomic E-state index is 0. The number of likely N-dealkylation sites (N-methyl/N-ethyl adjacent to an activating group) is 1. The number of carbonyl (C=O) groups is 1. The molecule has 130 valence electrons. The number of halogens is 2. The largest absolute Gasteiger partial charge is 0.338 e. The Hall–Kier alpha value is -0.630. The lowest BCUT2D eigenvalue weighted by atomic mass is 10.2. The minimum Gasteiger partial charge on any atom is -0.338 e. The van der Waals surface area contributed by atoms with E-state index in [1.165, 1.54) is 0 Å². The Kier molecular flexibility index (Phi) is 8.00. The van der Waals surface area contributed by atoms with Crippen molar-refractivity contribution in [3.05, 3.63) is 34.3 Å². The molecular weight excluding hydrogens is 404 g/mol. The van der Waals surface area contributed by atoms with Gasteiger partial charge in [0.2, 0.25) is 5.91 Å². The number of likely N-dealkylation sites (tertiary alicyclic amines) is 1. The summed E-state index contributed by atoms with van der Waals surface area (Å²) in [7, 11) is -1.62. The standard InChI is InChI=1S/C15H21BrN2O3S.ClH/c1-17-9-14-6-3-7-18(14)15(19)11-22(20,21)10-12-4-2-5-13(16)8-12;/h2,4-5,8,14,17H,3,6-7,9-11H2,1H3;1H. The van der Waals surface area contributed by atoms with Crippen LogP contribution < -0.4 is 5.32 Å². The highest BCUT2D eigenvalue weighted by molar-refractivity contribution is 9.10. The Bertz CT molecular complexity index is 639. The molecule has 1 unspecified atom stereocenters. The normalized spacial score (nSPS) is 17.8. The molecule has 1 fully saturated rings. The van der Waals surface area contributed by atoms with Gasteiger partial charge in [0.25, 0.3) is 0 Å². The third-order valence-electron chi connectivity index (χ3n) is 3.76. The molecule has 1 aromatic rings. The lowest BCUT2D eigenvalue weighted by Gasteiger charge is -2.24. The molecule has 0 bridgehead atoms. The Morgan fingerprint density at radius 2 is 2.17 bits per heavy atom. The molecule has 5 nitrogen and oxygen atoms in total. The van der Waals surface area contributed by atoms with Gasteiger partial charge in [0, 0.05) is 23.6 Å². The third kappa shape index (κ3) is 6.06. The number of nitrogens with one attached hydrogen (secondary N) is 1. The maximum Gasteiger partial charge on any atom is 0.238 e. The van der Waals surface area contributed by atoms with Gasteiger partial charge in [0.15, 0.2) is 9.84 Å². The molecule has 0 spiro atoms. The van der Waals surface area contributed by atoms with Crippen molar-refractivity contribution in [1.29, 1.82) is 0 Å². The molecule has 23 heavy (non-hydrogen) atoms. The fourth-order valence-electron chi connectivity index (χ4n) is 2.81. The first-order chi connectivity index (χ1) is 10.4. The molecule has 1 atom stereocenters. The van der Waals surface area contributed by atoms with E-state index < -0.39 is 15.6 Å². The molecule has 1 heterocycles. The van der Waals surface area contributed by atoms with Gasteiger partial charge >= 0.3 is 0 Å². The van der Waals surface area contributed by atoms with Gasteiger partial charge in [-0.05, 0) is 37.6 Å². The fourth-order valence-corrected chi connectivity index (χ4v) is 4.59. The molecule has 0 aromatic heterocycles. The van der Waals surface area contributed by atoms with Crippen LogP contribution in [0.15, 0.2) is 28.7 Å². The van der Waals surface area contributed by atoms with Gasteiger partial charge in [0.1, 0.15) is 5.75 Å². The second-order valence-corrected chi connectivity index (χ2v) is 8.58. The zero-order chi connectivity index (χ0) is 16.2. The van der Waals surface area contributed by atoms with Gasteiger partial charge in [-0.1, -0.05) is 28.1 Å². The van der Waals surface area contributed by atoms with Crippen LogP contribution in [0.5, 0.6) is 0 Å². The number of hydrogen-bond acceptors (Lipinski definition) is 4. The molecule has 1 N–H and O–H groups in total. The van der Waals surface area contributed by atoms with E-state index in [1.807, 2.05) is 13.1 Å². The lowest BCUT2D eigenvalue weighted by Crippen LogP contribution is -2.43. The van der Waals surface area contributed by atoms with E-state index in [1.54, 1.807) is 23.1 Å². The number of hydrogen-bond donors (Lipinski definition) is 1. The summed E-state index contributed by atoms with van der Waals surface area (Å²) >= 11 is 3.32. The van der Waals surface area contributed by atoms with Crippen LogP contribution in [0.2, 0.25) is 0 Å². The Morgan fingerprint density at radius 3 is 2.83 bits per heavy atom. The highest BCUT2D eigenvalue weighted by Gasteiger charge is 2.30. The number of sulfone groups is 1. The van der Waals surface area contributed by atoms with Crippen molar-refractivity contribution in [3.8, 4) is 0 Å². The average Bonchev–Trinajstić information content (AvgIpc) is 2.86. The van der Waals surface area contributed by atoms with Crippen molar-refractivity contribution in [2.45, 2.75) is 24.6 Å². The van der Waals surface area contributed by atoms with Crippen LogP contribution in [-0.4, -0.2) is 51.2 Å². The predicted octanol–water partition coefficient (Wildman–Crippen LogP) is 2.00. The van der Waals surface area contributed by atoms with E-state index in [0.29, 0.717) is 18.7 Å². The predicted molar refractivity (Wildman–Crippen MR) is 97.5 cm³/mol. The van der Waals surface area contributed by atoms with Crippen molar-refractivity contribution in [2.75, 3.05) is 25.9 Å². The number of amides is 1. The average molecular weight is 426 g/mol. The minimum atomic E-state index is -3.46. The van der Waals surface area contributed by atoms with Gasteiger partial charge in [-0.15, -0.1) is 12.4 Å². The van der Waals surface area contributed by atoms with Gasteiger partial charge in [0.05, 0.1) is 5.75 Å². The van der Waals surface area contributed by atoms with Crippen molar-refractivity contribution < 1.29 is 13.2 Å². The Labute approximate surface area is 152 Å². The molecule has 1 aliphatic rings. The van der Waals surface area contributed by atoms with Crippen molar-refractivity contribution in [2.24, 2.45) is 0 Å².